The number of benzene rings is 1. The van der Waals surface area contributed by atoms with Gasteiger partial charge in [0.2, 0.25) is 0 Å². The third-order valence-electron chi connectivity index (χ3n) is 6.77. The number of cyclic esters (lactones) is 1. The summed E-state index contributed by atoms with van der Waals surface area (Å²) in [6, 6.07) is 10.4. The molecule has 1 spiro atoms. The monoisotopic (exact) mass is 404 g/mol. The van der Waals surface area contributed by atoms with E-state index in [2.05, 4.69) is 38.1 Å². The van der Waals surface area contributed by atoms with Gasteiger partial charge in [-0.15, -0.1) is 0 Å². The van der Waals surface area contributed by atoms with Crippen LogP contribution in [0.15, 0.2) is 42.5 Å². The molecule has 3 nitrogen and oxygen atoms in total. The summed E-state index contributed by atoms with van der Waals surface area (Å²) in [4.78, 5) is 26.4. The molecule has 0 amide bonds. The Morgan fingerprint density at radius 3 is 2.72 bits per heavy atom. The van der Waals surface area contributed by atoms with Crippen LogP contribution in [0.2, 0.25) is 5.32 Å². The summed E-state index contributed by atoms with van der Waals surface area (Å²) in [6.45, 7) is 4.60. The molecule has 1 unspecified atom stereocenters. The van der Waals surface area contributed by atoms with E-state index >= 15 is 0 Å². The fraction of sp³-hybridized carbons (Fsp3) is 0.524. The molecule has 0 N–H and O–H groups in total. The zero-order chi connectivity index (χ0) is 17.7. The Kier molecular flexibility index (Phi) is 4.16. The number of esters is 1. The molecule has 25 heavy (non-hydrogen) atoms. The van der Waals surface area contributed by atoms with Crippen molar-refractivity contribution in [2.24, 2.45) is 28.6 Å². The first-order valence-electron chi connectivity index (χ1n) is 9.06. The first-order chi connectivity index (χ1) is 12.0. The molecule has 132 valence electrons. The van der Waals surface area contributed by atoms with Gasteiger partial charge in [0.15, 0.2) is 0 Å². The van der Waals surface area contributed by atoms with E-state index in [9.17, 15) is 9.59 Å². The van der Waals surface area contributed by atoms with Gasteiger partial charge in [0.1, 0.15) is 0 Å². The Morgan fingerprint density at radius 1 is 1.24 bits per heavy atom. The van der Waals surface area contributed by atoms with Gasteiger partial charge in [-0.1, -0.05) is 0 Å². The number of carbonyl (C=O) groups excluding carboxylic acids is 2. The number of carbonyl (C=O) groups is 2. The molecule has 5 atom stereocenters. The Hall–Kier alpha value is -1.38. The zero-order valence-corrected chi connectivity index (χ0v) is 16.4. The molecule has 0 radical (unpaired) electrons. The normalized spacial score (nSPS) is 39.7. The van der Waals surface area contributed by atoms with E-state index in [1.54, 1.807) is 0 Å². The summed E-state index contributed by atoms with van der Waals surface area (Å²) >= 11 is 0.256. The molecule has 1 aliphatic heterocycles. The SMILES string of the molecule is C[C@@H]1C=CC[C@@H]2C[C@@]3(C(=O)OCC3C[Se]c3ccccc3)C(=O)[C@@]21C. The Bertz CT molecular complexity index is 728. The topological polar surface area (TPSA) is 43.4 Å². The molecule has 0 bridgehead atoms. The molecule has 0 aromatic heterocycles. The number of hydrogen-bond donors (Lipinski definition) is 0. The van der Waals surface area contributed by atoms with Crippen LogP contribution < -0.4 is 4.46 Å². The number of hydrogen-bond acceptors (Lipinski definition) is 3. The second-order valence-electron chi connectivity index (χ2n) is 7.86. The molecular weight excluding hydrogens is 379 g/mol. The molecule has 1 aromatic rings. The van der Waals surface area contributed by atoms with Crippen molar-refractivity contribution < 1.29 is 14.3 Å². The first-order valence-corrected chi connectivity index (χ1v) is 11.1. The van der Waals surface area contributed by atoms with Crippen LogP contribution >= 0.6 is 0 Å². The molecule has 1 aromatic carbocycles. The molecule has 4 rings (SSSR count). The molecule has 3 aliphatic rings. The fourth-order valence-electron chi connectivity index (χ4n) is 4.96. The molecule has 2 fully saturated rings. The van der Waals surface area contributed by atoms with Crippen molar-refractivity contribution in [1.29, 1.82) is 0 Å². The van der Waals surface area contributed by atoms with Crippen LogP contribution in [0, 0.1) is 28.6 Å². The summed E-state index contributed by atoms with van der Waals surface area (Å²) in [6.07, 6.45) is 5.91. The minimum absolute atomic E-state index is 0.0299. The Morgan fingerprint density at radius 2 is 2.00 bits per heavy atom. The van der Waals surface area contributed by atoms with E-state index in [0.29, 0.717) is 13.0 Å². The summed E-state index contributed by atoms with van der Waals surface area (Å²) in [5, 5.41) is 0.888. The number of ether oxygens (including phenoxy) is 1. The zero-order valence-electron chi connectivity index (χ0n) is 14.7. The van der Waals surface area contributed by atoms with Crippen LogP contribution in [-0.4, -0.2) is 33.3 Å². The van der Waals surface area contributed by atoms with Crippen LogP contribution in [0.1, 0.15) is 26.7 Å². The van der Waals surface area contributed by atoms with Crippen molar-refractivity contribution in [3.05, 3.63) is 42.5 Å². The van der Waals surface area contributed by atoms with Crippen LogP contribution in [0.3, 0.4) is 0 Å². The molecule has 1 heterocycles. The fourth-order valence-corrected chi connectivity index (χ4v) is 7.32. The van der Waals surface area contributed by atoms with E-state index in [-0.39, 0.29) is 44.5 Å². The van der Waals surface area contributed by atoms with Gasteiger partial charge >= 0.3 is 155 Å². The summed E-state index contributed by atoms with van der Waals surface area (Å²) in [5.41, 5.74) is -1.31. The van der Waals surface area contributed by atoms with Gasteiger partial charge in [-0.05, 0) is 0 Å². The van der Waals surface area contributed by atoms with Crippen LogP contribution in [0.25, 0.3) is 0 Å². The summed E-state index contributed by atoms with van der Waals surface area (Å²) in [7, 11) is 0. The van der Waals surface area contributed by atoms with Gasteiger partial charge in [-0.2, -0.15) is 0 Å². The van der Waals surface area contributed by atoms with Crippen molar-refractivity contribution in [3.63, 3.8) is 0 Å². The summed E-state index contributed by atoms with van der Waals surface area (Å²) < 4.78 is 6.79. The third-order valence-corrected chi connectivity index (χ3v) is 9.24. The predicted molar refractivity (Wildman–Crippen MR) is 97.7 cm³/mol. The Labute approximate surface area is 155 Å². The van der Waals surface area contributed by atoms with Crippen molar-refractivity contribution in [2.75, 3.05) is 6.61 Å². The second-order valence-corrected chi connectivity index (χ2v) is 10.2. The van der Waals surface area contributed by atoms with Gasteiger partial charge in [0.05, 0.1) is 0 Å². The van der Waals surface area contributed by atoms with E-state index in [1.165, 1.54) is 4.46 Å². The van der Waals surface area contributed by atoms with E-state index in [0.717, 1.165) is 11.7 Å². The maximum atomic E-state index is 13.6. The summed E-state index contributed by atoms with van der Waals surface area (Å²) in [5.74, 6) is 0.374. The molecule has 2 aliphatic carbocycles. The van der Waals surface area contributed by atoms with E-state index in [1.807, 2.05) is 18.2 Å². The minimum atomic E-state index is -0.893. The Balaban J connectivity index is 1.62. The second kappa shape index (κ2) is 6.10. The van der Waals surface area contributed by atoms with Crippen LogP contribution in [0.4, 0.5) is 0 Å². The van der Waals surface area contributed by atoms with Gasteiger partial charge in [0.25, 0.3) is 0 Å². The number of Topliss-reactive ketones (excluding diaryl/α,β-unsaturated/α-hetero) is 1. The van der Waals surface area contributed by atoms with Crippen LogP contribution in [0.5, 0.6) is 0 Å². The van der Waals surface area contributed by atoms with Crippen molar-refractivity contribution in [1.82, 2.24) is 0 Å². The van der Waals surface area contributed by atoms with Gasteiger partial charge in [-0.3, -0.25) is 0 Å². The van der Waals surface area contributed by atoms with Gasteiger partial charge in [-0.25, -0.2) is 0 Å². The first kappa shape index (κ1) is 17.1. The predicted octanol–water partition coefficient (Wildman–Crippen LogP) is 2.79. The average molecular weight is 403 g/mol. The van der Waals surface area contributed by atoms with Gasteiger partial charge < -0.3 is 0 Å². The van der Waals surface area contributed by atoms with E-state index < -0.39 is 10.8 Å². The van der Waals surface area contributed by atoms with Crippen molar-refractivity contribution >= 4 is 31.2 Å². The maximum absolute atomic E-state index is 13.6. The molecule has 4 heteroatoms. The average Bonchev–Trinajstić information content (AvgIpc) is 3.06. The number of rotatable bonds is 3. The van der Waals surface area contributed by atoms with E-state index in [4.69, 9.17) is 4.74 Å². The molecule has 1 saturated heterocycles. The quantitative estimate of drug-likeness (QED) is 0.337. The van der Waals surface area contributed by atoms with Gasteiger partial charge in [0, 0.05) is 0 Å². The van der Waals surface area contributed by atoms with Crippen molar-refractivity contribution in [2.45, 2.75) is 32.0 Å². The van der Waals surface area contributed by atoms with Crippen molar-refractivity contribution in [3.8, 4) is 0 Å². The molecule has 1 saturated carbocycles. The number of fused-ring (bicyclic) bond motifs is 1. The number of allylic oxidation sites excluding steroid dienone is 2. The number of ketones is 1. The van der Waals surface area contributed by atoms with Crippen LogP contribution in [-0.2, 0) is 14.3 Å². The third kappa shape index (κ3) is 2.38. The molecular formula is C21H24O3Se. The standard InChI is InChI=1S/C21H24O3Se/c1-14-7-6-8-15-11-21(18(22)20(14,15)2)16(12-24-19(21)23)13-25-17-9-4-3-5-10-17/h3-7,9-10,14-16H,8,11-13H2,1-2H3/t14-,15-,16?,20-,21+/m1/s1.